The van der Waals surface area contributed by atoms with Gasteiger partial charge in [-0.3, -0.25) is 0 Å². The molecule has 0 unspecified atom stereocenters. The minimum absolute atomic E-state index is 0.483. The van der Waals surface area contributed by atoms with E-state index in [4.69, 9.17) is 0 Å². The molecule has 1 aliphatic heterocycles. The molecule has 76 valence electrons. The number of hydrogen-bond acceptors (Lipinski definition) is 3. The summed E-state index contributed by atoms with van der Waals surface area (Å²) >= 11 is 0. The van der Waals surface area contributed by atoms with Gasteiger partial charge in [0.2, 0.25) is 5.95 Å². The van der Waals surface area contributed by atoms with Crippen LogP contribution in [-0.2, 0) is 0 Å². The maximum absolute atomic E-state index is 4.57. The van der Waals surface area contributed by atoms with Gasteiger partial charge in [-0.15, -0.1) is 0 Å². The predicted molar refractivity (Wildman–Crippen MR) is 57.7 cm³/mol. The molecule has 3 nitrogen and oxygen atoms in total. The first kappa shape index (κ1) is 9.44. The monoisotopic (exact) mass is 191 g/mol. The topological polar surface area (TPSA) is 29.0 Å². The molecule has 0 saturated carbocycles. The van der Waals surface area contributed by atoms with E-state index in [1.165, 1.54) is 6.42 Å². The van der Waals surface area contributed by atoms with Crippen molar-refractivity contribution in [1.82, 2.24) is 9.97 Å². The van der Waals surface area contributed by atoms with Crippen LogP contribution in [0, 0.1) is 6.92 Å². The van der Waals surface area contributed by atoms with E-state index in [-0.39, 0.29) is 0 Å². The lowest BCUT2D eigenvalue weighted by atomic mass is 10.1. The Morgan fingerprint density at radius 1 is 1.29 bits per heavy atom. The SMILES string of the molecule is Cc1cc(C(C)C)nc(N2CCC2)n1. The van der Waals surface area contributed by atoms with Crippen molar-refractivity contribution in [1.29, 1.82) is 0 Å². The van der Waals surface area contributed by atoms with Crippen LogP contribution >= 0.6 is 0 Å². The second-order valence-electron chi connectivity index (χ2n) is 4.23. The summed E-state index contributed by atoms with van der Waals surface area (Å²) in [5.41, 5.74) is 2.23. The number of nitrogens with zero attached hydrogens (tertiary/aromatic N) is 3. The van der Waals surface area contributed by atoms with Gasteiger partial charge in [0.1, 0.15) is 0 Å². The molecule has 2 heterocycles. The quantitative estimate of drug-likeness (QED) is 0.717. The first-order chi connectivity index (χ1) is 6.66. The summed E-state index contributed by atoms with van der Waals surface area (Å²) in [6, 6.07) is 2.08. The molecule has 1 saturated heterocycles. The van der Waals surface area contributed by atoms with E-state index < -0.39 is 0 Å². The lowest BCUT2D eigenvalue weighted by molar-refractivity contribution is 0.595. The number of rotatable bonds is 2. The van der Waals surface area contributed by atoms with E-state index in [9.17, 15) is 0 Å². The van der Waals surface area contributed by atoms with E-state index in [1.54, 1.807) is 0 Å². The Kier molecular flexibility index (Phi) is 2.40. The van der Waals surface area contributed by atoms with Gasteiger partial charge in [-0.25, -0.2) is 9.97 Å². The Labute approximate surface area is 85.2 Å². The first-order valence-corrected chi connectivity index (χ1v) is 5.27. The van der Waals surface area contributed by atoms with Gasteiger partial charge in [-0.2, -0.15) is 0 Å². The zero-order valence-electron chi connectivity index (χ0n) is 9.12. The first-order valence-electron chi connectivity index (χ1n) is 5.27. The molecule has 3 heteroatoms. The predicted octanol–water partition coefficient (Wildman–Crippen LogP) is 2.12. The van der Waals surface area contributed by atoms with Crippen LogP contribution in [-0.4, -0.2) is 23.1 Å². The van der Waals surface area contributed by atoms with Crippen molar-refractivity contribution in [3.63, 3.8) is 0 Å². The molecule has 0 N–H and O–H groups in total. The highest BCUT2D eigenvalue weighted by atomic mass is 15.3. The second kappa shape index (κ2) is 3.56. The van der Waals surface area contributed by atoms with Gasteiger partial charge in [0.05, 0.1) is 0 Å². The Hall–Kier alpha value is -1.12. The van der Waals surface area contributed by atoms with Crippen LogP contribution in [0.5, 0.6) is 0 Å². The standard InChI is InChI=1S/C11H17N3/c1-8(2)10-7-9(3)12-11(13-10)14-5-4-6-14/h7-8H,4-6H2,1-3H3. The molecule has 1 fully saturated rings. The maximum atomic E-state index is 4.57. The van der Waals surface area contributed by atoms with Crippen LogP contribution in [0.3, 0.4) is 0 Å². The molecule has 0 spiro atoms. The molecule has 0 aliphatic carbocycles. The van der Waals surface area contributed by atoms with Gasteiger partial charge in [-0.1, -0.05) is 13.8 Å². The number of anilines is 1. The highest BCUT2D eigenvalue weighted by Crippen LogP contribution is 2.20. The molecular formula is C11H17N3. The molecule has 0 bridgehead atoms. The van der Waals surface area contributed by atoms with Crippen LogP contribution < -0.4 is 4.90 Å². The van der Waals surface area contributed by atoms with Crippen molar-refractivity contribution in [3.8, 4) is 0 Å². The summed E-state index contributed by atoms with van der Waals surface area (Å²) < 4.78 is 0. The normalized spacial score (nSPS) is 15.9. The highest BCUT2D eigenvalue weighted by molar-refractivity contribution is 5.35. The maximum Gasteiger partial charge on any atom is 0.225 e. The zero-order valence-corrected chi connectivity index (χ0v) is 9.12. The molecule has 0 atom stereocenters. The van der Waals surface area contributed by atoms with Crippen molar-refractivity contribution in [2.45, 2.75) is 33.1 Å². The molecule has 1 aromatic rings. The Balaban J connectivity index is 2.30. The Bertz CT molecular complexity index is 329. The van der Waals surface area contributed by atoms with E-state index >= 15 is 0 Å². The van der Waals surface area contributed by atoms with E-state index in [2.05, 4.69) is 34.8 Å². The third-order valence-corrected chi connectivity index (χ3v) is 2.59. The molecule has 0 aromatic carbocycles. The fraction of sp³-hybridized carbons (Fsp3) is 0.636. The molecular weight excluding hydrogens is 174 g/mol. The van der Waals surface area contributed by atoms with Gasteiger partial charge in [0.15, 0.2) is 0 Å². The van der Waals surface area contributed by atoms with Crippen molar-refractivity contribution in [2.24, 2.45) is 0 Å². The molecule has 2 rings (SSSR count). The summed E-state index contributed by atoms with van der Waals surface area (Å²) in [7, 11) is 0. The Morgan fingerprint density at radius 2 is 2.00 bits per heavy atom. The van der Waals surface area contributed by atoms with Crippen molar-refractivity contribution in [3.05, 3.63) is 17.5 Å². The summed E-state index contributed by atoms with van der Waals surface area (Å²) in [6.45, 7) is 8.60. The smallest absolute Gasteiger partial charge is 0.225 e. The van der Waals surface area contributed by atoms with Crippen LogP contribution in [0.25, 0.3) is 0 Å². The fourth-order valence-corrected chi connectivity index (χ4v) is 1.53. The van der Waals surface area contributed by atoms with Gasteiger partial charge >= 0.3 is 0 Å². The highest BCUT2D eigenvalue weighted by Gasteiger charge is 2.18. The third-order valence-electron chi connectivity index (χ3n) is 2.59. The minimum Gasteiger partial charge on any atom is -0.341 e. The second-order valence-corrected chi connectivity index (χ2v) is 4.23. The molecule has 0 radical (unpaired) electrons. The van der Waals surface area contributed by atoms with Gasteiger partial charge in [0.25, 0.3) is 0 Å². The average Bonchev–Trinajstić information content (AvgIpc) is 1.99. The molecule has 14 heavy (non-hydrogen) atoms. The van der Waals surface area contributed by atoms with Gasteiger partial charge in [0, 0.05) is 24.5 Å². The van der Waals surface area contributed by atoms with E-state index in [0.29, 0.717) is 5.92 Å². The number of aryl methyl sites for hydroxylation is 1. The lowest BCUT2D eigenvalue weighted by Gasteiger charge is -2.31. The largest absolute Gasteiger partial charge is 0.341 e. The molecule has 1 aromatic heterocycles. The summed E-state index contributed by atoms with van der Waals surface area (Å²) in [5, 5.41) is 0. The molecule has 1 aliphatic rings. The summed E-state index contributed by atoms with van der Waals surface area (Å²) in [6.07, 6.45) is 1.27. The van der Waals surface area contributed by atoms with Crippen LogP contribution in [0.2, 0.25) is 0 Å². The summed E-state index contributed by atoms with van der Waals surface area (Å²) in [4.78, 5) is 11.3. The Morgan fingerprint density at radius 3 is 2.50 bits per heavy atom. The van der Waals surface area contributed by atoms with E-state index in [1.807, 2.05) is 6.92 Å². The van der Waals surface area contributed by atoms with Gasteiger partial charge < -0.3 is 4.90 Å². The zero-order chi connectivity index (χ0) is 10.1. The number of hydrogen-bond donors (Lipinski definition) is 0. The average molecular weight is 191 g/mol. The minimum atomic E-state index is 0.483. The number of aromatic nitrogens is 2. The van der Waals surface area contributed by atoms with Crippen LogP contribution in [0.1, 0.15) is 37.6 Å². The van der Waals surface area contributed by atoms with Gasteiger partial charge in [-0.05, 0) is 25.3 Å². The van der Waals surface area contributed by atoms with Crippen LogP contribution in [0.15, 0.2) is 6.07 Å². The summed E-state index contributed by atoms with van der Waals surface area (Å²) in [5.74, 6) is 1.40. The van der Waals surface area contributed by atoms with Crippen molar-refractivity contribution < 1.29 is 0 Å². The van der Waals surface area contributed by atoms with E-state index in [0.717, 1.165) is 30.4 Å². The van der Waals surface area contributed by atoms with Crippen molar-refractivity contribution >= 4 is 5.95 Å². The lowest BCUT2D eigenvalue weighted by Crippen LogP contribution is -2.38. The fourth-order valence-electron chi connectivity index (χ4n) is 1.53. The van der Waals surface area contributed by atoms with Crippen LogP contribution in [0.4, 0.5) is 5.95 Å². The molecule has 0 amide bonds. The third kappa shape index (κ3) is 1.72. The van der Waals surface area contributed by atoms with Crippen molar-refractivity contribution in [2.75, 3.05) is 18.0 Å².